The average molecular weight is 230 g/mol. The van der Waals surface area contributed by atoms with Gasteiger partial charge in [0, 0.05) is 16.8 Å². The standard InChI is InChI=1S/C11H22O3Si/c1-3-4-6-13-9-10(2)11(12)14-7-5-8-15/h2-9H2,1,15H3. The first-order chi connectivity index (χ1) is 7.22. The third-order valence-corrected chi connectivity index (χ3v) is 2.65. The highest BCUT2D eigenvalue weighted by Crippen LogP contribution is 1.99. The van der Waals surface area contributed by atoms with Gasteiger partial charge in [0.2, 0.25) is 0 Å². The highest BCUT2D eigenvalue weighted by atomic mass is 28.1. The minimum absolute atomic E-state index is 0.291. The molecule has 0 aromatic rings. The average Bonchev–Trinajstić information content (AvgIpc) is 2.24. The number of hydrogen-bond acceptors (Lipinski definition) is 3. The van der Waals surface area contributed by atoms with Crippen molar-refractivity contribution in [2.75, 3.05) is 19.8 Å². The van der Waals surface area contributed by atoms with Crippen LogP contribution >= 0.6 is 0 Å². The Morgan fingerprint density at radius 1 is 1.33 bits per heavy atom. The lowest BCUT2D eigenvalue weighted by atomic mass is 10.3. The third-order valence-electron chi connectivity index (χ3n) is 1.94. The molecule has 15 heavy (non-hydrogen) atoms. The summed E-state index contributed by atoms with van der Waals surface area (Å²) in [5.74, 6) is -0.318. The van der Waals surface area contributed by atoms with Crippen LogP contribution in [0.15, 0.2) is 12.2 Å². The summed E-state index contributed by atoms with van der Waals surface area (Å²) in [5.41, 5.74) is 0.416. The summed E-state index contributed by atoms with van der Waals surface area (Å²) in [7, 11) is 1.16. The van der Waals surface area contributed by atoms with Crippen LogP contribution in [0, 0.1) is 0 Å². The van der Waals surface area contributed by atoms with Gasteiger partial charge in [-0.1, -0.05) is 26.0 Å². The van der Waals surface area contributed by atoms with Gasteiger partial charge in [-0.3, -0.25) is 0 Å². The first-order valence-electron chi connectivity index (χ1n) is 5.65. The number of esters is 1. The zero-order valence-electron chi connectivity index (χ0n) is 9.88. The monoisotopic (exact) mass is 230 g/mol. The lowest BCUT2D eigenvalue weighted by Gasteiger charge is -2.07. The molecule has 88 valence electrons. The molecule has 0 heterocycles. The first-order valence-corrected chi connectivity index (χ1v) is 7.06. The topological polar surface area (TPSA) is 35.5 Å². The maximum absolute atomic E-state index is 11.3. The van der Waals surface area contributed by atoms with E-state index in [1.54, 1.807) is 0 Å². The van der Waals surface area contributed by atoms with E-state index in [-0.39, 0.29) is 5.97 Å². The highest BCUT2D eigenvalue weighted by molar-refractivity contribution is 6.08. The Kier molecular flexibility index (Phi) is 9.52. The number of hydrogen-bond donors (Lipinski definition) is 0. The smallest absolute Gasteiger partial charge is 0.335 e. The predicted octanol–water partition coefficient (Wildman–Crippen LogP) is 1.08. The van der Waals surface area contributed by atoms with Gasteiger partial charge < -0.3 is 9.47 Å². The molecule has 0 N–H and O–H groups in total. The zero-order chi connectivity index (χ0) is 11.5. The second kappa shape index (κ2) is 9.92. The summed E-state index contributed by atoms with van der Waals surface area (Å²) in [6.07, 6.45) is 3.07. The molecule has 0 rings (SSSR count). The Labute approximate surface area is 95.3 Å². The van der Waals surface area contributed by atoms with E-state index in [4.69, 9.17) is 9.47 Å². The van der Waals surface area contributed by atoms with Crippen LogP contribution in [0.1, 0.15) is 26.2 Å². The fourth-order valence-corrected chi connectivity index (χ4v) is 1.20. The van der Waals surface area contributed by atoms with Gasteiger partial charge >= 0.3 is 5.97 Å². The predicted molar refractivity (Wildman–Crippen MR) is 65.2 cm³/mol. The minimum Gasteiger partial charge on any atom is -0.462 e. The lowest BCUT2D eigenvalue weighted by molar-refractivity contribution is -0.139. The van der Waals surface area contributed by atoms with E-state index in [0.29, 0.717) is 25.4 Å². The molecule has 0 radical (unpaired) electrons. The normalized spacial score (nSPS) is 10.2. The molecule has 0 spiro atoms. The van der Waals surface area contributed by atoms with Gasteiger partial charge in [0.25, 0.3) is 0 Å². The van der Waals surface area contributed by atoms with Crippen LogP contribution in [0.5, 0.6) is 0 Å². The second-order valence-corrected chi connectivity index (χ2v) is 4.50. The third kappa shape index (κ3) is 8.39. The largest absolute Gasteiger partial charge is 0.462 e. The summed E-state index contributed by atoms with van der Waals surface area (Å²) in [6.45, 7) is 7.22. The number of ether oxygens (including phenoxy) is 2. The summed E-state index contributed by atoms with van der Waals surface area (Å²) in [4.78, 5) is 11.3. The van der Waals surface area contributed by atoms with Crippen molar-refractivity contribution in [2.45, 2.75) is 32.2 Å². The van der Waals surface area contributed by atoms with Gasteiger partial charge in [-0.15, -0.1) is 0 Å². The zero-order valence-corrected chi connectivity index (χ0v) is 11.9. The van der Waals surface area contributed by atoms with E-state index in [2.05, 4.69) is 13.5 Å². The number of carbonyl (C=O) groups excluding carboxylic acids is 1. The van der Waals surface area contributed by atoms with Crippen molar-refractivity contribution in [2.24, 2.45) is 0 Å². The van der Waals surface area contributed by atoms with Crippen molar-refractivity contribution in [1.29, 1.82) is 0 Å². The quantitative estimate of drug-likeness (QED) is 0.257. The Hall–Kier alpha value is -0.613. The van der Waals surface area contributed by atoms with Crippen LogP contribution in [0.3, 0.4) is 0 Å². The Morgan fingerprint density at radius 2 is 2.07 bits per heavy atom. The molecule has 0 bridgehead atoms. The minimum atomic E-state index is -0.318. The number of carbonyl (C=O) groups is 1. The molecule has 0 aliphatic heterocycles. The maximum Gasteiger partial charge on any atom is 0.335 e. The fourth-order valence-electron chi connectivity index (χ4n) is 0.912. The second-order valence-electron chi connectivity index (χ2n) is 3.50. The molecule has 0 aromatic heterocycles. The molecule has 0 amide bonds. The molecule has 0 saturated heterocycles. The van der Waals surface area contributed by atoms with Crippen molar-refractivity contribution in [3.63, 3.8) is 0 Å². The van der Waals surface area contributed by atoms with Gasteiger partial charge in [0.05, 0.1) is 18.8 Å². The van der Waals surface area contributed by atoms with Crippen molar-refractivity contribution in [1.82, 2.24) is 0 Å². The van der Waals surface area contributed by atoms with E-state index in [1.165, 1.54) is 0 Å². The van der Waals surface area contributed by atoms with Crippen molar-refractivity contribution < 1.29 is 14.3 Å². The van der Waals surface area contributed by atoms with Gasteiger partial charge in [-0.2, -0.15) is 0 Å². The van der Waals surface area contributed by atoms with Crippen LogP contribution in [-0.2, 0) is 14.3 Å². The molecule has 0 saturated carbocycles. The summed E-state index contributed by atoms with van der Waals surface area (Å²) >= 11 is 0. The van der Waals surface area contributed by atoms with Crippen LogP contribution in [-0.4, -0.2) is 36.0 Å². The fraction of sp³-hybridized carbons (Fsp3) is 0.727. The molecule has 0 aromatic carbocycles. The van der Waals surface area contributed by atoms with Gasteiger partial charge in [0.15, 0.2) is 0 Å². The Bertz CT molecular complexity index is 192. The van der Waals surface area contributed by atoms with Gasteiger partial charge in [-0.05, 0) is 12.8 Å². The lowest BCUT2D eigenvalue weighted by Crippen LogP contribution is -2.13. The Morgan fingerprint density at radius 3 is 2.67 bits per heavy atom. The molecule has 3 nitrogen and oxygen atoms in total. The van der Waals surface area contributed by atoms with Gasteiger partial charge in [-0.25, -0.2) is 4.79 Å². The van der Waals surface area contributed by atoms with E-state index in [0.717, 1.165) is 35.5 Å². The number of rotatable bonds is 9. The SMILES string of the molecule is C=C(COCCCC)C(=O)OCCC[SiH3]. The Balaban J connectivity index is 3.47. The van der Waals surface area contributed by atoms with Gasteiger partial charge in [0.1, 0.15) is 0 Å². The van der Waals surface area contributed by atoms with Crippen LogP contribution in [0.4, 0.5) is 0 Å². The molecule has 4 heteroatoms. The molecule has 0 atom stereocenters. The molecule has 0 aliphatic rings. The maximum atomic E-state index is 11.3. The van der Waals surface area contributed by atoms with E-state index in [9.17, 15) is 4.79 Å². The van der Waals surface area contributed by atoms with Crippen LogP contribution in [0.2, 0.25) is 6.04 Å². The number of unbranched alkanes of at least 4 members (excludes halogenated alkanes) is 1. The molecule has 0 aliphatic carbocycles. The van der Waals surface area contributed by atoms with Crippen molar-refractivity contribution in [3.8, 4) is 0 Å². The van der Waals surface area contributed by atoms with E-state index >= 15 is 0 Å². The highest BCUT2D eigenvalue weighted by Gasteiger charge is 2.07. The molecule has 0 unspecified atom stereocenters. The molecule has 0 fully saturated rings. The summed E-state index contributed by atoms with van der Waals surface area (Å²) < 4.78 is 10.3. The van der Waals surface area contributed by atoms with E-state index in [1.807, 2.05) is 0 Å². The van der Waals surface area contributed by atoms with Crippen molar-refractivity contribution in [3.05, 3.63) is 12.2 Å². The van der Waals surface area contributed by atoms with Crippen LogP contribution < -0.4 is 0 Å². The van der Waals surface area contributed by atoms with Crippen LogP contribution in [0.25, 0.3) is 0 Å². The van der Waals surface area contributed by atoms with E-state index < -0.39 is 0 Å². The van der Waals surface area contributed by atoms with Crippen molar-refractivity contribution >= 4 is 16.2 Å². The summed E-state index contributed by atoms with van der Waals surface area (Å²) in [5, 5.41) is 0. The molecular weight excluding hydrogens is 208 g/mol. The molecular formula is C11H22O3Si. The summed E-state index contributed by atoms with van der Waals surface area (Å²) in [6, 6.07) is 1.16. The first kappa shape index (κ1) is 14.4.